The molecular formula is C18H29NO. The summed E-state index contributed by atoms with van der Waals surface area (Å²) in [5, 5.41) is 3.57. The lowest BCUT2D eigenvalue weighted by Gasteiger charge is -2.42. The first-order valence-electron chi connectivity index (χ1n) is 7.95. The summed E-state index contributed by atoms with van der Waals surface area (Å²) in [7, 11) is 0. The van der Waals surface area contributed by atoms with Gasteiger partial charge in [-0.25, -0.2) is 0 Å². The van der Waals surface area contributed by atoms with Gasteiger partial charge >= 0.3 is 0 Å². The fourth-order valence-electron chi connectivity index (χ4n) is 2.68. The summed E-state index contributed by atoms with van der Waals surface area (Å²) in [6.07, 6.45) is 5.85. The van der Waals surface area contributed by atoms with Crippen molar-refractivity contribution in [3.8, 4) is 5.75 Å². The molecule has 0 spiro atoms. The van der Waals surface area contributed by atoms with Crippen molar-refractivity contribution < 1.29 is 4.74 Å². The van der Waals surface area contributed by atoms with E-state index in [4.69, 9.17) is 4.74 Å². The Balaban J connectivity index is 1.90. The maximum Gasteiger partial charge on any atom is 0.120 e. The van der Waals surface area contributed by atoms with E-state index in [9.17, 15) is 0 Å². The minimum Gasteiger partial charge on any atom is -0.487 e. The summed E-state index contributed by atoms with van der Waals surface area (Å²) in [5.74, 6) is 1.03. The van der Waals surface area contributed by atoms with Gasteiger partial charge in [0.25, 0.3) is 0 Å². The van der Waals surface area contributed by atoms with Crippen molar-refractivity contribution in [1.29, 1.82) is 0 Å². The second-order valence-electron chi connectivity index (χ2n) is 7.06. The third kappa shape index (κ3) is 4.24. The average molecular weight is 275 g/mol. The van der Waals surface area contributed by atoms with Gasteiger partial charge in [0.05, 0.1) is 0 Å². The van der Waals surface area contributed by atoms with E-state index in [0.29, 0.717) is 0 Å². The van der Waals surface area contributed by atoms with Crippen molar-refractivity contribution in [2.24, 2.45) is 0 Å². The molecule has 1 aliphatic carbocycles. The molecule has 2 rings (SSSR count). The Bertz CT molecular complexity index is 412. The molecule has 0 heterocycles. The van der Waals surface area contributed by atoms with Crippen LogP contribution in [0.25, 0.3) is 0 Å². The Morgan fingerprint density at radius 1 is 1.15 bits per heavy atom. The van der Waals surface area contributed by atoms with Gasteiger partial charge in [0, 0.05) is 5.54 Å². The predicted octanol–water partition coefficient (Wildman–Crippen LogP) is 4.33. The molecule has 1 N–H and O–H groups in total. The second kappa shape index (κ2) is 6.17. The van der Waals surface area contributed by atoms with Gasteiger partial charge in [0.1, 0.15) is 11.4 Å². The highest BCUT2D eigenvalue weighted by Crippen LogP contribution is 2.39. The number of benzene rings is 1. The van der Waals surface area contributed by atoms with Crippen LogP contribution in [0.3, 0.4) is 0 Å². The van der Waals surface area contributed by atoms with Crippen LogP contribution in [0.4, 0.5) is 0 Å². The summed E-state index contributed by atoms with van der Waals surface area (Å²) in [5.41, 5.74) is 1.63. The van der Waals surface area contributed by atoms with Gasteiger partial charge < -0.3 is 10.1 Å². The molecule has 0 atom stereocenters. The first-order valence-corrected chi connectivity index (χ1v) is 7.95. The SMILES string of the molecule is CCc1ccc(OC2(CCNC(C)(C)C)CCC2)cc1. The van der Waals surface area contributed by atoms with Crippen molar-refractivity contribution in [2.75, 3.05) is 6.54 Å². The van der Waals surface area contributed by atoms with Crippen LogP contribution in [0.15, 0.2) is 24.3 Å². The average Bonchev–Trinajstić information content (AvgIpc) is 2.35. The maximum absolute atomic E-state index is 6.31. The lowest BCUT2D eigenvalue weighted by atomic mass is 9.77. The summed E-state index contributed by atoms with van der Waals surface area (Å²) in [6, 6.07) is 8.59. The minimum absolute atomic E-state index is 0.0754. The van der Waals surface area contributed by atoms with Crippen LogP contribution >= 0.6 is 0 Å². The first kappa shape index (κ1) is 15.4. The quantitative estimate of drug-likeness (QED) is 0.834. The van der Waals surface area contributed by atoms with Gasteiger partial charge in [-0.3, -0.25) is 0 Å². The molecule has 1 fully saturated rings. The minimum atomic E-state index is 0.0754. The maximum atomic E-state index is 6.31. The number of aryl methyl sites for hydroxylation is 1. The van der Waals surface area contributed by atoms with E-state index >= 15 is 0 Å². The van der Waals surface area contributed by atoms with E-state index in [1.54, 1.807) is 0 Å². The molecule has 0 amide bonds. The monoisotopic (exact) mass is 275 g/mol. The van der Waals surface area contributed by atoms with E-state index in [-0.39, 0.29) is 11.1 Å². The smallest absolute Gasteiger partial charge is 0.120 e. The molecule has 0 saturated heterocycles. The lowest BCUT2D eigenvalue weighted by Crippen LogP contribution is -2.47. The molecule has 1 aliphatic rings. The molecule has 2 heteroatoms. The highest BCUT2D eigenvalue weighted by Gasteiger charge is 2.39. The zero-order valence-electron chi connectivity index (χ0n) is 13.5. The number of hydrogen-bond acceptors (Lipinski definition) is 2. The van der Waals surface area contributed by atoms with Crippen LogP contribution in [0.1, 0.15) is 58.9 Å². The van der Waals surface area contributed by atoms with Crippen molar-refractivity contribution in [3.63, 3.8) is 0 Å². The van der Waals surface area contributed by atoms with E-state index in [1.165, 1.54) is 24.8 Å². The van der Waals surface area contributed by atoms with Gasteiger partial charge in [0.2, 0.25) is 0 Å². The molecule has 112 valence electrons. The molecule has 20 heavy (non-hydrogen) atoms. The molecule has 1 aromatic rings. The normalized spacial score (nSPS) is 17.6. The lowest BCUT2D eigenvalue weighted by molar-refractivity contribution is -0.0152. The van der Waals surface area contributed by atoms with E-state index in [0.717, 1.165) is 25.1 Å². The highest BCUT2D eigenvalue weighted by molar-refractivity contribution is 5.28. The van der Waals surface area contributed by atoms with Gasteiger partial charge in [-0.1, -0.05) is 19.1 Å². The second-order valence-corrected chi connectivity index (χ2v) is 7.06. The molecule has 0 aliphatic heterocycles. The third-order valence-electron chi connectivity index (χ3n) is 4.17. The Kier molecular flexibility index (Phi) is 4.74. The molecule has 2 nitrogen and oxygen atoms in total. The fourth-order valence-corrected chi connectivity index (χ4v) is 2.68. The molecule has 0 radical (unpaired) electrons. The van der Waals surface area contributed by atoms with Gasteiger partial charge in [-0.05, 0) is 77.1 Å². The van der Waals surface area contributed by atoms with Gasteiger partial charge in [-0.15, -0.1) is 0 Å². The topological polar surface area (TPSA) is 21.3 Å². The molecule has 0 unspecified atom stereocenters. The molecule has 0 aromatic heterocycles. The van der Waals surface area contributed by atoms with Crippen molar-refractivity contribution in [2.45, 2.75) is 70.9 Å². The molecule has 1 aromatic carbocycles. The van der Waals surface area contributed by atoms with Gasteiger partial charge in [-0.2, -0.15) is 0 Å². The first-order chi connectivity index (χ1) is 9.42. The van der Waals surface area contributed by atoms with Crippen molar-refractivity contribution in [1.82, 2.24) is 5.32 Å². The molecule has 0 bridgehead atoms. The van der Waals surface area contributed by atoms with Gasteiger partial charge in [0.15, 0.2) is 0 Å². The van der Waals surface area contributed by atoms with Crippen LogP contribution in [-0.2, 0) is 6.42 Å². The number of nitrogens with one attached hydrogen (secondary N) is 1. The molecular weight excluding hydrogens is 246 g/mol. The van der Waals surface area contributed by atoms with E-state index in [1.807, 2.05) is 0 Å². The van der Waals surface area contributed by atoms with E-state index < -0.39 is 0 Å². The predicted molar refractivity (Wildman–Crippen MR) is 85.4 cm³/mol. The highest BCUT2D eigenvalue weighted by atomic mass is 16.5. The molecule has 1 saturated carbocycles. The standard InChI is InChI=1S/C18H29NO/c1-5-15-7-9-16(10-8-15)20-18(11-6-12-18)13-14-19-17(2,3)4/h7-10,19H,5-6,11-14H2,1-4H3. The summed E-state index contributed by atoms with van der Waals surface area (Å²) >= 11 is 0. The Morgan fingerprint density at radius 3 is 2.25 bits per heavy atom. The zero-order chi connectivity index (χ0) is 14.6. The van der Waals surface area contributed by atoms with Crippen molar-refractivity contribution >= 4 is 0 Å². The van der Waals surface area contributed by atoms with Crippen molar-refractivity contribution in [3.05, 3.63) is 29.8 Å². The zero-order valence-corrected chi connectivity index (χ0v) is 13.5. The number of hydrogen-bond donors (Lipinski definition) is 1. The summed E-state index contributed by atoms with van der Waals surface area (Å²) < 4.78 is 6.31. The summed E-state index contributed by atoms with van der Waals surface area (Å²) in [4.78, 5) is 0. The third-order valence-corrected chi connectivity index (χ3v) is 4.17. The number of rotatable bonds is 6. The van der Waals surface area contributed by atoms with Crippen LogP contribution in [0, 0.1) is 0 Å². The van der Waals surface area contributed by atoms with Crippen LogP contribution < -0.4 is 10.1 Å². The van der Waals surface area contributed by atoms with E-state index in [2.05, 4.69) is 57.3 Å². The Morgan fingerprint density at radius 2 is 1.80 bits per heavy atom. The Hall–Kier alpha value is -1.02. The van der Waals surface area contributed by atoms with Crippen LogP contribution in [-0.4, -0.2) is 17.7 Å². The summed E-state index contributed by atoms with van der Waals surface area (Å²) in [6.45, 7) is 9.85. The largest absolute Gasteiger partial charge is 0.487 e. The Labute approximate surface area is 123 Å². The van der Waals surface area contributed by atoms with Crippen LogP contribution in [0.5, 0.6) is 5.75 Å². The van der Waals surface area contributed by atoms with Crippen LogP contribution in [0.2, 0.25) is 0 Å². The fraction of sp³-hybridized carbons (Fsp3) is 0.667. The number of ether oxygens (including phenoxy) is 1.